The van der Waals surface area contributed by atoms with Gasteiger partial charge in [-0.3, -0.25) is 4.79 Å². The number of carboxylic acids is 1. The topological polar surface area (TPSA) is 66.4 Å². The summed E-state index contributed by atoms with van der Waals surface area (Å²) in [4.78, 5) is 22.9. The van der Waals surface area contributed by atoms with Crippen LogP contribution in [0.4, 0.5) is 0 Å². The first-order chi connectivity index (χ1) is 9.41. The SMILES string of the molecule is CCc1ccc(C=CC(=O)NC(C)(CC)C(=O)O)cc1. The van der Waals surface area contributed by atoms with Crippen molar-refractivity contribution in [2.45, 2.75) is 39.2 Å². The van der Waals surface area contributed by atoms with E-state index in [0.29, 0.717) is 6.42 Å². The van der Waals surface area contributed by atoms with Crippen LogP contribution in [0.1, 0.15) is 38.3 Å². The van der Waals surface area contributed by atoms with E-state index < -0.39 is 17.4 Å². The molecule has 0 radical (unpaired) electrons. The van der Waals surface area contributed by atoms with Gasteiger partial charge in [-0.05, 0) is 37.0 Å². The number of aliphatic carboxylic acids is 1. The Hall–Kier alpha value is -2.10. The molecule has 2 N–H and O–H groups in total. The number of benzene rings is 1. The van der Waals surface area contributed by atoms with Gasteiger partial charge in [0.15, 0.2) is 0 Å². The molecule has 4 heteroatoms. The van der Waals surface area contributed by atoms with Crippen molar-refractivity contribution in [3.05, 3.63) is 41.5 Å². The van der Waals surface area contributed by atoms with Crippen LogP contribution in [-0.4, -0.2) is 22.5 Å². The van der Waals surface area contributed by atoms with Gasteiger partial charge in [-0.25, -0.2) is 4.79 Å². The molecule has 1 aromatic rings. The summed E-state index contributed by atoms with van der Waals surface area (Å²) in [6.45, 7) is 5.30. The van der Waals surface area contributed by atoms with Gasteiger partial charge < -0.3 is 10.4 Å². The highest BCUT2D eigenvalue weighted by Gasteiger charge is 2.31. The molecule has 1 rings (SSSR count). The molecule has 0 heterocycles. The molecule has 1 unspecified atom stereocenters. The third kappa shape index (κ3) is 4.23. The summed E-state index contributed by atoms with van der Waals surface area (Å²) >= 11 is 0. The quantitative estimate of drug-likeness (QED) is 0.784. The van der Waals surface area contributed by atoms with Crippen molar-refractivity contribution in [1.29, 1.82) is 0 Å². The summed E-state index contributed by atoms with van der Waals surface area (Å²) < 4.78 is 0. The van der Waals surface area contributed by atoms with Gasteiger partial charge in [0.05, 0.1) is 0 Å². The molecule has 1 aromatic carbocycles. The van der Waals surface area contributed by atoms with Crippen molar-refractivity contribution in [1.82, 2.24) is 5.32 Å². The van der Waals surface area contributed by atoms with Crippen LogP contribution < -0.4 is 5.32 Å². The third-order valence-corrected chi connectivity index (χ3v) is 3.39. The van der Waals surface area contributed by atoms with Gasteiger partial charge in [0.25, 0.3) is 0 Å². The van der Waals surface area contributed by atoms with Crippen LogP contribution in [0, 0.1) is 0 Å². The van der Waals surface area contributed by atoms with E-state index in [1.54, 1.807) is 13.0 Å². The van der Waals surface area contributed by atoms with Gasteiger partial charge in [0.2, 0.25) is 5.91 Å². The van der Waals surface area contributed by atoms with E-state index in [2.05, 4.69) is 12.2 Å². The van der Waals surface area contributed by atoms with Crippen LogP contribution in [0.15, 0.2) is 30.3 Å². The Morgan fingerprint density at radius 2 is 1.85 bits per heavy atom. The molecule has 0 fully saturated rings. The molecular weight excluding hydrogens is 254 g/mol. The molecule has 108 valence electrons. The van der Waals surface area contributed by atoms with E-state index >= 15 is 0 Å². The summed E-state index contributed by atoms with van der Waals surface area (Å²) in [5, 5.41) is 11.6. The number of aryl methyl sites for hydroxylation is 1. The number of hydrogen-bond donors (Lipinski definition) is 2. The number of carbonyl (C=O) groups excluding carboxylic acids is 1. The lowest BCUT2D eigenvalue weighted by Crippen LogP contribution is -2.51. The van der Waals surface area contributed by atoms with Crippen molar-refractivity contribution in [2.24, 2.45) is 0 Å². The molecule has 0 aromatic heterocycles. The zero-order chi connectivity index (χ0) is 15.2. The molecule has 4 nitrogen and oxygen atoms in total. The highest BCUT2D eigenvalue weighted by molar-refractivity contribution is 5.95. The lowest BCUT2D eigenvalue weighted by Gasteiger charge is -2.23. The van der Waals surface area contributed by atoms with Crippen molar-refractivity contribution in [3.63, 3.8) is 0 Å². The number of rotatable bonds is 6. The second kappa shape index (κ2) is 6.89. The second-order valence-corrected chi connectivity index (χ2v) is 4.91. The Morgan fingerprint density at radius 1 is 1.25 bits per heavy atom. The Balaban J connectivity index is 2.69. The number of nitrogens with one attached hydrogen (secondary N) is 1. The van der Waals surface area contributed by atoms with Crippen LogP contribution in [0.2, 0.25) is 0 Å². The van der Waals surface area contributed by atoms with Crippen LogP contribution in [0.25, 0.3) is 6.08 Å². The van der Waals surface area contributed by atoms with E-state index in [-0.39, 0.29) is 0 Å². The lowest BCUT2D eigenvalue weighted by atomic mass is 9.99. The highest BCUT2D eigenvalue weighted by Crippen LogP contribution is 2.10. The number of amides is 1. The molecule has 0 aliphatic carbocycles. The monoisotopic (exact) mass is 275 g/mol. The first kappa shape index (κ1) is 16.0. The summed E-state index contributed by atoms with van der Waals surface area (Å²) in [6.07, 6.45) is 4.33. The van der Waals surface area contributed by atoms with E-state index in [1.165, 1.54) is 18.6 Å². The standard InChI is InChI=1S/C16H21NO3/c1-4-12-6-8-13(9-7-12)10-11-14(18)17-16(3,5-2)15(19)20/h6-11H,4-5H2,1-3H3,(H,17,18)(H,19,20). The van der Waals surface area contributed by atoms with Crippen molar-refractivity contribution in [2.75, 3.05) is 0 Å². The van der Waals surface area contributed by atoms with Crippen LogP contribution in [0.5, 0.6) is 0 Å². The van der Waals surface area contributed by atoms with Crippen molar-refractivity contribution < 1.29 is 14.7 Å². The average Bonchev–Trinajstić information content (AvgIpc) is 2.45. The number of hydrogen-bond acceptors (Lipinski definition) is 2. The first-order valence-corrected chi connectivity index (χ1v) is 6.74. The predicted molar refractivity (Wildman–Crippen MR) is 79.3 cm³/mol. The summed E-state index contributed by atoms with van der Waals surface area (Å²) in [7, 11) is 0. The molecule has 0 aliphatic rings. The van der Waals surface area contributed by atoms with Gasteiger partial charge in [0.1, 0.15) is 5.54 Å². The molecule has 1 atom stereocenters. The van der Waals surface area contributed by atoms with Crippen LogP contribution >= 0.6 is 0 Å². The van der Waals surface area contributed by atoms with Gasteiger partial charge in [-0.2, -0.15) is 0 Å². The zero-order valence-electron chi connectivity index (χ0n) is 12.1. The first-order valence-electron chi connectivity index (χ1n) is 6.74. The molecule has 0 aliphatic heterocycles. The fourth-order valence-corrected chi connectivity index (χ4v) is 1.64. The minimum Gasteiger partial charge on any atom is -0.480 e. The van der Waals surface area contributed by atoms with Crippen LogP contribution in [0.3, 0.4) is 0 Å². The highest BCUT2D eigenvalue weighted by atomic mass is 16.4. The normalized spacial score (nSPS) is 13.9. The fourth-order valence-electron chi connectivity index (χ4n) is 1.64. The Morgan fingerprint density at radius 3 is 2.30 bits per heavy atom. The molecule has 0 spiro atoms. The Labute approximate surface area is 119 Å². The van der Waals surface area contributed by atoms with Crippen molar-refractivity contribution >= 4 is 18.0 Å². The molecule has 0 bridgehead atoms. The van der Waals surface area contributed by atoms with E-state index in [0.717, 1.165) is 12.0 Å². The van der Waals surface area contributed by atoms with Gasteiger partial charge in [0, 0.05) is 6.08 Å². The smallest absolute Gasteiger partial charge is 0.329 e. The van der Waals surface area contributed by atoms with E-state index in [9.17, 15) is 9.59 Å². The number of carboxylic acid groups (broad SMARTS) is 1. The molecular formula is C16H21NO3. The maximum atomic E-state index is 11.8. The Kier molecular flexibility index (Phi) is 5.50. The second-order valence-electron chi connectivity index (χ2n) is 4.91. The third-order valence-electron chi connectivity index (χ3n) is 3.39. The van der Waals surface area contributed by atoms with Gasteiger partial charge >= 0.3 is 5.97 Å². The maximum absolute atomic E-state index is 11.8. The summed E-state index contributed by atoms with van der Waals surface area (Å²) in [6, 6.07) is 7.87. The molecule has 0 saturated carbocycles. The maximum Gasteiger partial charge on any atom is 0.329 e. The number of carbonyl (C=O) groups is 2. The van der Waals surface area contributed by atoms with Crippen molar-refractivity contribution in [3.8, 4) is 0 Å². The zero-order valence-corrected chi connectivity index (χ0v) is 12.1. The largest absolute Gasteiger partial charge is 0.480 e. The van der Waals surface area contributed by atoms with Gasteiger partial charge in [-0.1, -0.05) is 38.1 Å². The molecule has 1 amide bonds. The summed E-state index contributed by atoms with van der Waals surface area (Å²) in [5.74, 6) is -1.44. The predicted octanol–water partition coefficient (Wildman–Crippen LogP) is 2.63. The molecule has 0 saturated heterocycles. The minimum absolute atomic E-state index is 0.326. The average molecular weight is 275 g/mol. The van der Waals surface area contributed by atoms with Crippen LogP contribution in [-0.2, 0) is 16.0 Å². The lowest BCUT2D eigenvalue weighted by molar-refractivity contribution is -0.146. The van der Waals surface area contributed by atoms with E-state index in [4.69, 9.17) is 5.11 Å². The molecule has 20 heavy (non-hydrogen) atoms. The minimum atomic E-state index is -1.23. The summed E-state index contributed by atoms with van der Waals surface area (Å²) in [5.41, 5.74) is 0.912. The van der Waals surface area contributed by atoms with E-state index in [1.807, 2.05) is 24.3 Å². The Bertz CT molecular complexity index is 505. The van der Waals surface area contributed by atoms with Gasteiger partial charge in [-0.15, -0.1) is 0 Å². The fraction of sp³-hybridized carbons (Fsp3) is 0.375.